The Morgan fingerprint density at radius 1 is 1.07 bits per heavy atom. The lowest BCUT2D eigenvalue weighted by Crippen LogP contribution is -2.18. The summed E-state index contributed by atoms with van der Waals surface area (Å²) in [5.41, 5.74) is 7.68. The maximum Gasteiger partial charge on any atom is 0.255 e. The largest absolute Gasteiger partial charge is 0.494 e. The predicted molar refractivity (Wildman–Crippen MR) is 111 cm³/mol. The standard InChI is InChI=1S/C22H20N2O2S/c1-4-26-17-6-7-20(15(3)9-17)24-12-18(14(2)10-22(24)25)16-5-8-21-19(11-16)23-13-27-21/h5-13H,4H2,1-3H3. The lowest BCUT2D eigenvalue weighted by molar-refractivity contribution is 0.340. The smallest absolute Gasteiger partial charge is 0.255 e. The highest BCUT2D eigenvalue weighted by Gasteiger charge is 2.11. The molecule has 0 N–H and O–H groups in total. The van der Waals surface area contributed by atoms with E-state index >= 15 is 0 Å². The molecule has 0 fully saturated rings. The van der Waals surface area contributed by atoms with Crippen LogP contribution in [0.1, 0.15) is 18.1 Å². The van der Waals surface area contributed by atoms with Gasteiger partial charge in [0.1, 0.15) is 5.75 Å². The van der Waals surface area contributed by atoms with Crippen molar-refractivity contribution in [2.45, 2.75) is 20.8 Å². The van der Waals surface area contributed by atoms with Crippen molar-refractivity contribution in [3.05, 3.63) is 75.7 Å². The van der Waals surface area contributed by atoms with Gasteiger partial charge in [-0.3, -0.25) is 9.36 Å². The van der Waals surface area contributed by atoms with Crippen molar-refractivity contribution in [1.82, 2.24) is 9.55 Å². The van der Waals surface area contributed by atoms with Crippen molar-refractivity contribution in [1.29, 1.82) is 0 Å². The van der Waals surface area contributed by atoms with E-state index in [0.29, 0.717) is 6.61 Å². The summed E-state index contributed by atoms with van der Waals surface area (Å²) in [6.45, 7) is 6.54. The first kappa shape index (κ1) is 17.5. The minimum atomic E-state index is -0.0433. The van der Waals surface area contributed by atoms with Crippen molar-refractivity contribution in [3.63, 3.8) is 0 Å². The zero-order valence-electron chi connectivity index (χ0n) is 15.5. The van der Waals surface area contributed by atoms with Crippen LogP contribution in [0.4, 0.5) is 0 Å². The van der Waals surface area contributed by atoms with Gasteiger partial charge in [-0.05, 0) is 67.8 Å². The molecule has 2 heterocycles. The quantitative estimate of drug-likeness (QED) is 0.496. The molecule has 27 heavy (non-hydrogen) atoms. The summed E-state index contributed by atoms with van der Waals surface area (Å²) in [6.07, 6.45) is 1.92. The third kappa shape index (κ3) is 3.26. The molecular weight excluding hydrogens is 356 g/mol. The highest BCUT2D eigenvalue weighted by Crippen LogP contribution is 2.28. The van der Waals surface area contributed by atoms with Crippen LogP contribution >= 0.6 is 11.3 Å². The summed E-state index contributed by atoms with van der Waals surface area (Å²) < 4.78 is 8.43. The number of rotatable bonds is 4. The Kier molecular flexibility index (Phi) is 4.54. The molecule has 0 bridgehead atoms. The summed E-state index contributed by atoms with van der Waals surface area (Å²) in [5, 5.41) is 0. The molecule has 0 aliphatic heterocycles. The van der Waals surface area contributed by atoms with E-state index in [0.717, 1.165) is 43.9 Å². The van der Waals surface area contributed by atoms with Gasteiger partial charge in [0.2, 0.25) is 0 Å². The lowest BCUT2D eigenvalue weighted by atomic mass is 10.0. The van der Waals surface area contributed by atoms with E-state index in [1.165, 1.54) is 0 Å². The molecule has 4 nitrogen and oxygen atoms in total. The van der Waals surface area contributed by atoms with Gasteiger partial charge < -0.3 is 4.74 Å². The van der Waals surface area contributed by atoms with Gasteiger partial charge in [0.15, 0.2) is 0 Å². The highest BCUT2D eigenvalue weighted by atomic mass is 32.1. The molecular formula is C22H20N2O2S. The van der Waals surface area contributed by atoms with Gasteiger partial charge in [-0.25, -0.2) is 4.98 Å². The van der Waals surface area contributed by atoms with Crippen LogP contribution in [0.25, 0.3) is 27.0 Å². The van der Waals surface area contributed by atoms with Crippen LogP contribution < -0.4 is 10.3 Å². The molecule has 0 radical (unpaired) electrons. The number of ether oxygens (including phenoxy) is 1. The van der Waals surface area contributed by atoms with Crippen molar-refractivity contribution in [3.8, 4) is 22.6 Å². The Morgan fingerprint density at radius 3 is 2.70 bits per heavy atom. The number of fused-ring (bicyclic) bond motifs is 1. The van der Waals surface area contributed by atoms with Gasteiger partial charge >= 0.3 is 0 Å². The first-order chi connectivity index (χ1) is 13.1. The van der Waals surface area contributed by atoms with Crippen molar-refractivity contribution in [2.24, 2.45) is 0 Å². The summed E-state index contributed by atoms with van der Waals surface area (Å²) in [7, 11) is 0. The monoisotopic (exact) mass is 376 g/mol. The number of nitrogens with zero attached hydrogens (tertiary/aromatic N) is 2. The van der Waals surface area contributed by atoms with Gasteiger partial charge in [-0.1, -0.05) is 6.07 Å². The minimum absolute atomic E-state index is 0.0433. The van der Waals surface area contributed by atoms with E-state index in [-0.39, 0.29) is 5.56 Å². The Hall–Kier alpha value is -2.92. The zero-order valence-corrected chi connectivity index (χ0v) is 16.3. The van der Waals surface area contributed by atoms with Gasteiger partial charge in [0, 0.05) is 17.8 Å². The number of pyridine rings is 1. The molecule has 0 atom stereocenters. The molecule has 4 aromatic rings. The van der Waals surface area contributed by atoms with E-state index in [2.05, 4.69) is 23.2 Å². The maximum absolute atomic E-state index is 12.7. The van der Waals surface area contributed by atoms with Gasteiger partial charge in [-0.15, -0.1) is 11.3 Å². The average Bonchev–Trinajstić information content (AvgIpc) is 3.11. The molecule has 4 rings (SSSR count). The van der Waals surface area contributed by atoms with E-state index in [1.807, 2.05) is 50.7 Å². The topological polar surface area (TPSA) is 44.1 Å². The Balaban J connectivity index is 1.85. The molecule has 0 spiro atoms. The Morgan fingerprint density at radius 2 is 1.93 bits per heavy atom. The molecule has 0 aliphatic carbocycles. The van der Waals surface area contributed by atoms with E-state index < -0.39 is 0 Å². The Bertz CT molecular complexity index is 1190. The molecule has 2 aromatic carbocycles. The van der Waals surface area contributed by atoms with Crippen LogP contribution in [0.3, 0.4) is 0 Å². The van der Waals surface area contributed by atoms with Gasteiger partial charge in [0.05, 0.1) is 28.0 Å². The second-order valence-electron chi connectivity index (χ2n) is 6.49. The molecule has 2 aromatic heterocycles. The van der Waals surface area contributed by atoms with Crippen LogP contribution in [0, 0.1) is 13.8 Å². The molecule has 0 saturated heterocycles. The first-order valence-electron chi connectivity index (χ1n) is 8.87. The van der Waals surface area contributed by atoms with Crippen molar-refractivity contribution < 1.29 is 4.74 Å². The highest BCUT2D eigenvalue weighted by molar-refractivity contribution is 7.16. The van der Waals surface area contributed by atoms with E-state index in [9.17, 15) is 4.79 Å². The average molecular weight is 376 g/mol. The van der Waals surface area contributed by atoms with Crippen LogP contribution in [-0.2, 0) is 0 Å². The fourth-order valence-electron chi connectivity index (χ4n) is 3.30. The second kappa shape index (κ2) is 7.00. The van der Waals surface area contributed by atoms with Gasteiger partial charge in [0.25, 0.3) is 5.56 Å². The predicted octanol–water partition coefficient (Wildman–Crippen LogP) is 5.13. The van der Waals surface area contributed by atoms with Crippen LogP contribution in [0.5, 0.6) is 5.75 Å². The summed E-state index contributed by atoms with van der Waals surface area (Å²) >= 11 is 1.63. The normalized spacial score (nSPS) is 11.1. The number of benzene rings is 2. The number of hydrogen-bond donors (Lipinski definition) is 0. The van der Waals surface area contributed by atoms with Crippen LogP contribution in [0.2, 0.25) is 0 Å². The molecule has 136 valence electrons. The van der Waals surface area contributed by atoms with Crippen molar-refractivity contribution >= 4 is 21.6 Å². The zero-order chi connectivity index (χ0) is 19.0. The van der Waals surface area contributed by atoms with Crippen LogP contribution in [-0.4, -0.2) is 16.2 Å². The number of hydrogen-bond acceptors (Lipinski definition) is 4. The molecule has 0 amide bonds. The third-order valence-corrected chi connectivity index (χ3v) is 5.45. The molecule has 5 heteroatoms. The SMILES string of the molecule is CCOc1ccc(-n2cc(-c3ccc4scnc4c3)c(C)cc2=O)c(C)c1. The first-order valence-corrected chi connectivity index (χ1v) is 9.75. The lowest BCUT2D eigenvalue weighted by Gasteiger charge is -2.14. The number of aryl methyl sites for hydroxylation is 2. The summed E-state index contributed by atoms with van der Waals surface area (Å²) in [5.74, 6) is 0.813. The summed E-state index contributed by atoms with van der Waals surface area (Å²) in [6, 6.07) is 13.7. The fourth-order valence-corrected chi connectivity index (χ4v) is 3.96. The number of thiazole rings is 1. The Labute approximate surface area is 161 Å². The second-order valence-corrected chi connectivity index (χ2v) is 7.38. The van der Waals surface area contributed by atoms with Crippen molar-refractivity contribution in [2.75, 3.05) is 6.61 Å². The third-order valence-electron chi connectivity index (χ3n) is 4.64. The van der Waals surface area contributed by atoms with Crippen LogP contribution in [0.15, 0.2) is 59.0 Å². The summed E-state index contributed by atoms with van der Waals surface area (Å²) in [4.78, 5) is 17.1. The number of aromatic nitrogens is 2. The maximum atomic E-state index is 12.7. The molecule has 0 saturated carbocycles. The fraction of sp³-hybridized carbons (Fsp3) is 0.182. The minimum Gasteiger partial charge on any atom is -0.494 e. The van der Waals surface area contributed by atoms with Gasteiger partial charge in [-0.2, -0.15) is 0 Å². The molecule has 0 unspecified atom stereocenters. The van der Waals surface area contributed by atoms with E-state index in [1.54, 1.807) is 22.0 Å². The molecule has 0 aliphatic rings. The van der Waals surface area contributed by atoms with E-state index in [4.69, 9.17) is 4.74 Å².